The standard InChI is InChI=1S/C16H16N4OS/c1-12(2)5-16(13(3,4)11(12)21)15(8-19,9-20)14(6-17,7-18)10-22-16/h5,10H2,1-4H3. The van der Waals surface area contributed by atoms with Crippen LogP contribution in [0.2, 0.25) is 0 Å². The monoisotopic (exact) mass is 312 g/mol. The lowest BCUT2D eigenvalue weighted by molar-refractivity contribution is -0.131. The average Bonchev–Trinajstić information content (AvgIpc) is 2.84. The van der Waals surface area contributed by atoms with Gasteiger partial charge in [0, 0.05) is 16.6 Å². The summed E-state index contributed by atoms with van der Waals surface area (Å²) in [7, 11) is 0. The molecule has 1 saturated carbocycles. The van der Waals surface area contributed by atoms with Gasteiger partial charge < -0.3 is 0 Å². The number of thioether (sulfide) groups is 1. The van der Waals surface area contributed by atoms with Gasteiger partial charge in [0.2, 0.25) is 0 Å². The van der Waals surface area contributed by atoms with E-state index in [-0.39, 0.29) is 11.5 Å². The molecule has 1 saturated heterocycles. The molecule has 0 amide bonds. The molecule has 1 atom stereocenters. The Labute approximate surface area is 134 Å². The lowest BCUT2D eigenvalue weighted by Crippen LogP contribution is -2.55. The normalized spacial score (nSPS) is 32.6. The highest BCUT2D eigenvalue weighted by atomic mass is 32.2. The van der Waals surface area contributed by atoms with Crippen molar-refractivity contribution >= 4 is 17.5 Å². The Kier molecular flexibility index (Phi) is 3.16. The van der Waals surface area contributed by atoms with Gasteiger partial charge in [-0.05, 0) is 6.42 Å². The van der Waals surface area contributed by atoms with Gasteiger partial charge in [0.05, 0.1) is 29.0 Å². The van der Waals surface area contributed by atoms with E-state index in [1.54, 1.807) is 27.7 Å². The molecule has 2 fully saturated rings. The number of hydrogen-bond donors (Lipinski definition) is 0. The number of ketones is 1. The van der Waals surface area contributed by atoms with E-state index in [0.29, 0.717) is 6.42 Å². The molecular formula is C16H16N4OS. The first-order chi connectivity index (χ1) is 10.1. The van der Waals surface area contributed by atoms with Crippen LogP contribution < -0.4 is 0 Å². The molecule has 1 aliphatic heterocycles. The van der Waals surface area contributed by atoms with E-state index in [2.05, 4.69) is 0 Å². The highest BCUT2D eigenvalue weighted by Gasteiger charge is 2.80. The smallest absolute Gasteiger partial charge is 0.191 e. The first-order valence-corrected chi connectivity index (χ1v) is 7.89. The van der Waals surface area contributed by atoms with Crippen LogP contribution in [0, 0.1) is 67.0 Å². The minimum atomic E-state index is -1.83. The Hall–Kier alpha value is -2.02. The maximum atomic E-state index is 12.8. The molecule has 0 aromatic carbocycles. The van der Waals surface area contributed by atoms with Crippen LogP contribution >= 0.6 is 11.8 Å². The van der Waals surface area contributed by atoms with Gasteiger partial charge in [0.15, 0.2) is 10.8 Å². The topological polar surface area (TPSA) is 112 Å². The Morgan fingerprint density at radius 3 is 1.77 bits per heavy atom. The highest BCUT2D eigenvalue weighted by Crippen LogP contribution is 2.73. The molecule has 1 unspecified atom stereocenters. The van der Waals surface area contributed by atoms with Gasteiger partial charge in [0.1, 0.15) is 5.78 Å². The predicted octanol–water partition coefficient (Wildman–Crippen LogP) is 2.56. The number of nitrogens with zero attached hydrogens (tertiary/aromatic N) is 4. The van der Waals surface area contributed by atoms with Crippen molar-refractivity contribution in [2.45, 2.75) is 38.9 Å². The zero-order valence-electron chi connectivity index (χ0n) is 13.0. The molecule has 1 heterocycles. The van der Waals surface area contributed by atoms with Crippen molar-refractivity contribution in [3.63, 3.8) is 0 Å². The van der Waals surface area contributed by atoms with Crippen LogP contribution in [0.3, 0.4) is 0 Å². The van der Waals surface area contributed by atoms with Crippen molar-refractivity contribution in [1.29, 1.82) is 21.0 Å². The summed E-state index contributed by atoms with van der Waals surface area (Å²) >= 11 is 1.27. The molecule has 22 heavy (non-hydrogen) atoms. The Balaban J connectivity index is 2.88. The predicted molar refractivity (Wildman–Crippen MR) is 79.7 cm³/mol. The molecule has 0 aromatic heterocycles. The minimum Gasteiger partial charge on any atom is -0.298 e. The van der Waals surface area contributed by atoms with Gasteiger partial charge in [-0.2, -0.15) is 21.0 Å². The number of carbonyl (C=O) groups is 1. The van der Waals surface area contributed by atoms with Crippen LogP contribution in [0.25, 0.3) is 0 Å². The molecule has 0 bridgehead atoms. The molecule has 0 radical (unpaired) electrons. The summed E-state index contributed by atoms with van der Waals surface area (Å²) in [4.78, 5) is 12.8. The van der Waals surface area contributed by atoms with Crippen LogP contribution in [-0.2, 0) is 4.79 Å². The molecule has 1 aliphatic carbocycles. The van der Waals surface area contributed by atoms with Crippen molar-refractivity contribution < 1.29 is 4.79 Å². The van der Waals surface area contributed by atoms with Crippen LogP contribution in [0.5, 0.6) is 0 Å². The fraction of sp³-hybridized carbons (Fsp3) is 0.688. The molecule has 6 heteroatoms. The van der Waals surface area contributed by atoms with E-state index in [9.17, 15) is 25.8 Å². The van der Waals surface area contributed by atoms with E-state index in [0.717, 1.165) is 0 Å². The van der Waals surface area contributed by atoms with E-state index < -0.39 is 26.4 Å². The zero-order valence-corrected chi connectivity index (χ0v) is 13.8. The minimum absolute atomic E-state index is 0.0333. The third-order valence-corrected chi connectivity index (χ3v) is 7.41. The van der Waals surface area contributed by atoms with Gasteiger partial charge in [-0.15, -0.1) is 11.8 Å². The first kappa shape index (κ1) is 16.4. The number of hydrogen-bond acceptors (Lipinski definition) is 6. The van der Waals surface area contributed by atoms with Crippen molar-refractivity contribution in [2.75, 3.05) is 5.75 Å². The number of carbonyl (C=O) groups excluding carboxylic acids is 1. The summed E-state index contributed by atoms with van der Waals surface area (Å²) in [5, 5.41) is 38.8. The van der Waals surface area contributed by atoms with E-state index in [4.69, 9.17) is 0 Å². The number of rotatable bonds is 0. The van der Waals surface area contributed by atoms with Crippen molar-refractivity contribution in [3.8, 4) is 24.3 Å². The largest absolute Gasteiger partial charge is 0.298 e. The average molecular weight is 312 g/mol. The summed E-state index contributed by atoms with van der Waals surface area (Å²) in [6.45, 7) is 7.05. The second-order valence-electron chi connectivity index (χ2n) is 7.23. The lowest BCUT2D eigenvalue weighted by Gasteiger charge is -2.43. The quantitative estimate of drug-likeness (QED) is 0.679. The molecule has 112 valence electrons. The van der Waals surface area contributed by atoms with Gasteiger partial charge in [-0.1, -0.05) is 27.7 Å². The summed E-state index contributed by atoms with van der Waals surface area (Å²) in [5.41, 5.74) is -5.22. The van der Waals surface area contributed by atoms with Gasteiger partial charge >= 0.3 is 0 Å². The van der Waals surface area contributed by atoms with Gasteiger partial charge in [-0.3, -0.25) is 4.79 Å². The summed E-state index contributed by atoms with van der Waals surface area (Å²) < 4.78 is -1.06. The van der Waals surface area contributed by atoms with Gasteiger partial charge in [0.25, 0.3) is 0 Å². The van der Waals surface area contributed by atoms with Crippen LogP contribution in [0.15, 0.2) is 0 Å². The molecule has 5 nitrogen and oxygen atoms in total. The third-order valence-electron chi connectivity index (χ3n) is 5.38. The van der Waals surface area contributed by atoms with Crippen LogP contribution in [-0.4, -0.2) is 16.3 Å². The molecular weight excluding hydrogens is 296 g/mol. The molecule has 0 aromatic rings. The molecule has 0 N–H and O–H groups in total. The summed E-state index contributed by atoms with van der Waals surface area (Å²) in [5.74, 6) is 0.0301. The van der Waals surface area contributed by atoms with E-state index in [1.807, 2.05) is 24.3 Å². The fourth-order valence-electron chi connectivity index (χ4n) is 4.23. The lowest BCUT2D eigenvalue weighted by atomic mass is 9.55. The molecule has 2 rings (SSSR count). The third kappa shape index (κ3) is 1.35. The maximum Gasteiger partial charge on any atom is 0.191 e. The fourth-order valence-corrected chi connectivity index (χ4v) is 6.44. The summed E-state index contributed by atoms with van der Waals surface area (Å²) in [6.07, 6.45) is 0.308. The van der Waals surface area contributed by atoms with Crippen molar-refractivity contribution in [1.82, 2.24) is 0 Å². The highest BCUT2D eigenvalue weighted by molar-refractivity contribution is 8.01. The van der Waals surface area contributed by atoms with Crippen molar-refractivity contribution in [2.24, 2.45) is 21.7 Å². The molecule has 1 spiro atoms. The van der Waals surface area contributed by atoms with Crippen molar-refractivity contribution in [3.05, 3.63) is 0 Å². The second-order valence-corrected chi connectivity index (χ2v) is 8.51. The Morgan fingerprint density at radius 1 is 0.955 bits per heavy atom. The number of Topliss-reactive ketones (excluding diaryl/α,β-unsaturated/α-hetero) is 1. The van der Waals surface area contributed by atoms with Crippen LogP contribution in [0.4, 0.5) is 0 Å². The number of nitriles is 4. The maximum absolute atomic E-state index is 12.8. The molecule has 2 aliphatic rings. The Bertz CT molecular complexity index is 697. The van der Waals surface area contributed by atoms with E-state index >= 15 is 0 Å². The SMILES string of the molecule is CC1(C)CC2(SCC(C#N)(C#N)C2(C#N)C#N)C(C)(C)C1=O. The van der Waals surface area contributed by atoms with Crippen LogP contribution in [0.1, 0.15) is 34.1 Å². The summed E-state index contributed by atoms with van der Waals surface area (Å²) in [6, 6.07) is 7.80. The Morgan fingerprint density at radius 2 is 1.45 bits per heavy atom. The van der Waals surface area contributed by atoms with Gasteiger partial charge in [-0.25, -0.2) is 0 Å². The second kappa shape index (κ2) is 4.25. The van der Waals surface area contributed by atoms with E-state index in [1.165, 1.54) is 11.8 Å². The zero-order chi connectivity index (χ0) is 17.0. The first-order valence-electron chi connectivity index (χ1n) is 6.90.